The molecule has 0 radical (unpaired) electrons. The topological polar surface area (TPSA) is 104 Å². The number of tetrazole rings is 1. The molecule has 0 saturated carbocycles. The standard InChI is InChI=1S/C24H20Cl2N6O3/c1-34-21-9-5-8-17(23(21)35-15-18-10-11-19(25)12-20(18)26)13-27-28-22(33)14-32-30-24(29-31-32)16-6-3-2-4-7-16/h2-13H,14-15H2,1H3,(H,28,33)/b27-13-. The molecule has 0 aliphatic rings. The third-order valence-electron chi connectivity index (χ3n) is 4.78. The van der Waals surface area contributed by atoms with E-state index in [0.29, 0.717) is 32.9 Å². The van der Waals surface area contributed by atoms with Crippen LogP contribution in [0.15, 0.2) is 71.8 Å². The molecule has 0 saturated heterocycles. The van der Waals surface area contributed by atoms with E-state index in [9.17, 15) is 4.79 Å². The van der Waals surface area contributed by atoms with E-state index >= 15 is 0 Å². The number of aromatic nitrogens is 4. The van der Waals surface area contributed by atoms with Crippen molar-refractivity contribution in [3.05, 3.63) is 87.9 Å². The summed E-state index contributed by atoms with van der Waals surface area (Å²) in [5.74, 6) is 0.965. The van der Waals surface area contributed by atoms with Crippen LogP contribution in [0.2, 0.25) is 10.0 Å². The van der Waals surface area contributed by atoms with Crippen LogP contribution >= 0.6 is 23.2 Å². The molecule has 9 nitrogen and oxygen atoms in total. The van der Waals surface area contributed by atoms with Crippen LogP contribution in [0.3, 0.4) is 0 Å². The summed E-state index contributed by atoms with van der Waals surface area (Å²) >= 11 is 12.2. The molecule has 1 amide bonds. The molecule has 0 fully saturated rings. The highest BCUT2D eigenvalue weighted by atomic mass is 35.5. The second-order valence-corrected chi connectivity index (χ2v) is 8.05. The molecule has 0 unspecified atom stereocenters. The molecule has 4 aromatic rings. The number of hydrazone groups is 1. The Kier molecular flexibility index (Phi) is 7.92. The molecule has 0 aliphatic heterocycles. The number of nitrogens with one attached hydrogen (secondary N) is 1. The van der Waals surface area contributed by atoms with E-state index in [1.165, 1.54) is 18.1 Å². The summed E-state index contributed by atoms with van der Waals surface area (Å²) < 4.78 is 11.4. The van der Waals surface area contributed by atoms with Gasteiger partial charge in [0.05, 0.1) is 13.3 Å². The van der Waals surface area contributed by atoms with Gasteiger partial charge in [0.25, 0.3) is 5.91 Å². The van der Waals surface area contributed by atoms with Gasteiger partial charge in [-0.1, -0.05) is 65.7 Å². The van der Waals surface area contributed by atoms with Gasteiger partial charge in [-0.15, -0.1) is 10.2 Å². The van der Waals surface area contributed by atoms with Crippen molar-refractivity contribution in [3.63, 3.8) is 0 Å². The zero-order valence-corrected chi connectivity index (χ0v) is 20.1. The molecule has 4 rings (SSSR count). The van der Waals surface area contributed by atoms with Gasteiger partial charge >= 0.3 is 0 Å². The quantitative estimate of drug-likeness (QED) is 0.264. The van der Waals surface area contributed by atoms with E-state index in [1.54, 1.807) is 36.4 Å². The van der Waals surface area contributed by atoms with E-state index in [2.05, 4.69) is 25.9 Å². The van der Waals surface area contributed by atoms with Gasteiger partial charge in [-0.25, -0.2) is 5.43 Å². The van der Waals surface area contributed by atoms with Gasteiger partial charge in [0.1, 0.15) is 13.2 Å². The second-order valence-electron chi connectivity index (χ2n) is 7.21. The van der Waals surface area contributed by atoms with Crippen LogP contribution in [0.5, 0.6) is 11.5 Å². The SMILES string of the molecule is COc1cccc(/C=N\NC(=O)Cn2nnc(-c3ccccc3)n2)c1OCc1ccc(Cl)cc1Cl. The number of nitrogens with zero attached hydrogens (tertiary/aromatic N) is 5. The van der Waals surface area contributed by atoms with Crippen LogP contribution in [-0.2, 0) is 17.9 Å². The Morgan fingerprint density at radius 2 is 1.94 bits per heavy atom. The van der Waals surface area contributed by atoms with Gasteiger partial charge in [0, 0.05) is 26.7 Å². The summed E-state index contributed by atoms with van der Waals surface area (Å²) in [6, 6.07) is 19.9. The molecule has 35 heavy (non-hydrogen) atoms. The lowest BCUT2D eigenvalue weighted by molar-refractivity contribution is -0.122. The zero-order chi connectivity index (χ0) is 24.6. The van der Waals surface area contributed by atoms with Gasteiger partial charge in [-0.2, -0.15) is 9.90 Å². The first-order chi connectivity index (χ1) is 17.0. The van der Waals surface area contributed by atoms with E-state index < -0.39 is 5.91 Å². The molecule has 178 valence electrons. The van der Waals surface area contributed by atoms with E-state index in [1.807, 2.05) is 30.3 Å². The van der Waals surface area contributed by atoms with Crippen LogP contribution in [0.1, 0.15) is 11.1 Å². The summed E-state index contributed by atoms with van der Waals surface area (Å²) in [6.07, 6.45) is 1.46. The number of hydrogen-bond acceptors (Lipinski definition) is 7. The van der Waals surface area contributed by atoms with Gasteiger partial charge < -0.3 is 9.47 Å². The lowest BCUT2D eigenvalue weighted by Gasteiger charge is -2.14. The van der Waals surface area contributed by atoms with E-state index in [-0.39, 0.29) is 13.2 Å². The summed E-state index contributed by atoms with van der Waals surface area (Å²) in [4.78, 5) is 13.5. The third-order valence-corrected chi connectivity index (χ3v) is 5.37. The number of rotatable bonds is 9. The Morgan fingerprint density at radius 3 is 2.71 bits per heavy atom. The minimum atomic E-state index is -0.420. The maximum atomic E-state index is 12.3. The highest BCUT2D eigenvalue weighted by Gasteiger charge is 2.12. The van der Waals surface area contributed by atoms with Crippen LogP contribution in [0.25, 0.3) is 11.4 Å². The average Bonchev–Trinajstić information content (AvgIpc) is 3.33. The molecular formula is C24H20Cl2N6O3. The number of ether oxygens (including phenoxy) is 2. The maximum absolute atomic E-state index is 12.3. The fourth-order valence-corrected chi connectivity index (χ4v) is 3.55. The van der Waals surface area contributed by atoms with Crippen molar-refractivity contribution in [1.29, 1.82) is 0 Å². The molecule has 0 atom stereocenters. The summed E-state index contributed by atoms with van der Waals surface area (Å²) in [5.41, 5.74) is 4.62. The molecular weight excluding hydrogens is 491 g/mol. The van der Waals surface area contributed by atoms with Gasteiger partial charge in [-0.3, -0.25) is 4.79 Å². The maximum Gasteiger partial charge on any atom is 0.263 e. The summed E-state index contributed by atoms with van der Waals surface area (Å²) in [5, 5.41) is 17.2. The lowest BCUT2D eigenvalue weighted by atomic mass is 10.2. The van der Waals surface area contributed by atoms with Crippen LogP contribution < -0.4 is 14.9 Å². The number of amides is 1. The minimum Gasteiger partial charge on any atom is -0.493 e. The normalized spacial score (nSPS) is 10.9. The Labute approximate surface area is 211 Å². The Morgan fingerprint density at radius 1 is 1.11 bits per heavy atom. The largest absolute Gasteiger partial charge is 0.493 e. The van der Waals surface area contributed by atoms with Crippen molar-refractivity contribution in [2.24, 2.45) is 5.10 Å². The first-order valence-electron chi connectivity index (χ1n) is 10.4. The number of methoxy groups -OCH3 is 1. The van der Waals surface area contributed by atoms with E-state index in [4.69, 9.17) is 32.7 Å². The zero-order valence-electron chi connectivity index (χ0n) is 18.6. The summed E-state index contributed by atoms with van der Waals surface area (Å²) in [6.45, 7) is 0.0407. The smallest absolute Gasteiger partial charge is 0.263 e. The fourth-order valence-electron chi connectivity index (χ4n) is 3.09. The number of carbonyl (C=O) groups is 1. The Bertz CT molecular complexity index is 1340. The monoisotopic (exact) mass is 510 g/mol. The predicted molar refractivity (Wildman–Crippen MR) is 133 cm³/mol. The molecule has 0 aliphatic carbocycles. The molecule has 11 heteroatoms. The van der Waals surface area contributed by atoms with Crippen molar-refractivity contribution in [3.8, 4) is 22.9 Å². The first kappa shape index (κ1) is 24.2. The van der Waals surface area contributed by atoms with Crippen molar-refractivity contribution < 1.29 is 14.3 Å². The molecule has 1 N–H and O–H groups in total. The van der Waals surface area contributed by atoms with Crippen LogP contribution in [0.4, 0.5) is 0 Å². The van der Waals surface area contributed by atoms with Crippen LogP contribution in [0, 0.1) is 0 Å². The highest BCUT2D eigenvalue weighted by molar-refractivity contribution is 6.35. The van der Waals surface area contributed by atoms with Gasteiger partial charge in [0.15, 0.2) is 11.5 Å². The fraction of sp³-hybridized carbons (Fsp3) is 0.125. The van der Waals surface area contributed by atoms with E-state index in [0.717, 1.165) is 11.1 Å². The second kappa shape index (κ2) is 11.5. The Hall–Kier alpha value is -3.95. The lowest BCUT2D eigenvalue weighted by Crippen LogP contribution is -2.24. The number of benzene rings is 3. The molecule has 1 aromatic heterocycles. The molecule has 0 bridgehead atoms. The number of hydrogen-bond donors (Lipinski definition) is 1. The number of carbonyl (C=O) groups excluding carboxylic acids is 1. The van der Waals surface area contributed by atoms with Gasteiger partial charge in [-0.05, 0) is 29.5 Å². The number of para-hydroxylation sites is 1. The Balaban J connectivity index is 1.40. The minimum absolute atomic E-state index is 0.145. The molecule has 0 spiro atoms. The first-order valence-corrected chi connectivity index (χ1v) is 11.2. The number of halogens is 2. The van der Waals surface area contributed by atoms with Crippen molar-refractivity contribution in [2.75, 3.05) is 7.11 Å². The van der Waals surface area contributed by atoms with Crippen LogP contribution in [-0.4, -0.2) is 39.4 Å². The van der Waals surface area contributed by atoms with Crippen molar-refractivity contribution in [1.82, 2.24) is 25.6 Å². The molecule has 3 aromatic carbocycles. The highest BCUT2D eigenvalue weighted by Crippen LogP contribution is 2.32. The van der Waals surface area contributed by atoms with Gasteiger partial charge in [0.2, 0.25) is 5.82 Å². The summed E-state index contributed by atoms with van der Waals surface area (Å²) in [7, 11) is 1.54. The van der Waals surface area contributed by atoms with Crippen molar-refractivity contribution >= 4 is 35.3 Å². The average molecular weight is 511 g/mol. The molecule has 1 heterocycles. The predicted octanol–water partition coefficient (Wildman–Crippen LogP) is 4.38. The third kappa shape index (κ3) is 6.34. The van der Waals surface area contributed by atoms with Crippen molar-refractivity contribution in [2.45, 2.75) is 13.2 Å².